The lowest BCUT2D eigenvalue weighted by atomic mass is 10.1. The van der Waals surface area contributed by atoms with Gasteiger partial charge in [-0.3, -0.25) is 4.90 Å². The maximum absolute atomic E-state index is 13.6. The van der Waals surface area contributed by atoms with E-state index in [2.05, 4.69) is 10.3 Å². The predicted octanol–water partition coefficient (Wildman–Crippen LogP) is 7.93. The summed E-state index contributed by atoms with van der Waals surface area (Å²) in [6, 6.07) is 12.7. The van der Waals surface area contributed by atoms with Crippen molar-refractivity contribution in [3.05, 3.63) is 73.7 Å². The molecule has 0 bridgehead atoms. The van der Waals surface area contributed by atoms with Gasteiger partial charge in [-0.2, -0.15) is 13.2 Å². The SMILES string of the molecule is CCN(CCc1ccccc1)Cc1sc(Nc2c(Cl)cc(Cl)cc2Cl)nc1C(F)(F)F. The number of nitrogens with zero attached hydrogens (tertiary/aromatic N) is 2. The van der Waals surface area contributed by atoms with Gasteiger partial charge in [0.15, 0.2) is 10.8 Å². The Morgan fingerprint density at radius 2 is 1.71 bits per heavy atom. The Hall–Kier alpha value is -1.51. The van der Waals surface area contributed by atoms with Crippen LogP contribution in [0.2, 0.25) is 15.1 Å². The largest absolute Gasteiger partial charge is 0.434 e. The third-order valence-corrected chi connectivity index (χ3v) is 6.35. The minimum absolute atomic E-state index is 0.0626. The normalized spacial score (nSPS) is 11.9. The molecule has 1 aromatic heterocycles. The van der Waals surface area contributed by atoms with Gasteiger partial charge in [0, 0.05) is 18.1 Å². The number of anilines is 2. The van der Waals surface area contributed by atoms with Crippen LogP contribution in [-0.4, -0.2) is 23.0 Å². The summed E-state index contributed by atoms with van der Waals surface area (Å²) in [5.41, 5.74) is 0.494. The van der Waals surface area contributed by atoms with E-state index in [4.69, 9.17) is 34.8 Å². The molecule has 0 radical (unpaired) electrons. The van der Waals surface area contributed by atoms with Gasteiger partial charge in [0.25, 0.3) is 0 Å². The molecular formula is C21H19Cl3F3N3S. The van der Waals surface area contributed by atoms with E-state index in [1.165, 1.54) is 12.1 Å². The van der Waals surface area contributed by atoms with Crippen LogP contribution in [0.25, 0.3) is 0 Å². The summed E-state index contributed by atoms with van der Waals surface area (Å²) in [6.07, 6.45) is -3.83. The molecule has 2 aromatic carbocycles. The topological polar surface area (TPSA) is 28.2 Å². The van der Waals surface area contributed by atoms with Gasteiger partial charge in [0.2, 0.25) is 0 Å². The number of thiazole rings is 1. The van der Waals surface area contributed by atoms with E-state index in [1.54, 1.807) is 0 Å². The quantitative estimate of drug-likeness (QED) is 0.335. The highest BCUT2D eigenvalue weighted by molar-refractivity contribution is 7.15. The van der Waals surface area contributed by atoms with Crippen LogP contribution < -0.4 is 5.32 Å². The van der Waals surface area contributed by atoms with Crippen LogP contribution in [0, 0.1) is 0 Å². The molecule has 0 aliphatic heterocycles. The summed E-state index contributed by atoms with van der Waals surface area (Å²) in [7, 11) is 0. The van der Waals surface area contributed by atoms with Crippen LogP contribution in [-0.2, 0) is 19.1 Å². The zero-order valence-electron chi connectivity index (χ0n) is 16.4. The standard InChI is InChI=1S/C21H19Cl3F3N3S/c1-2-30(9-8-13-6-4-3-5-7-13)12-17-19(21(25,26)27)29-20(31-17)28-18-15(23)10-14(22)11-16(18)24/h3-7,10-11H,2,8-9,12H2,1H3,(H,28,29). The predicted molar refractivity (Wildman–Crippen MR) is 123 cm³/mol. The fourth-order valence-electron chi connectivity index (χ4n) is 2.99. The average Bonchev–Trinajstić information content (AvgIpc) is 3.11. The third-order valence-electron chi connectivity index (χ3n) is 4.58. The number of rotatable bonds is 8. The molecule has 31 heavy (non-hydrogen) atoms. The first kappa shape index (κ1) is 24.1. The monoisotopic (exact) mass is 507 g/mol. The second kappa shape index (κ2) is 10.4. The van der Waals surface area contributed by atoms with E-state index in [0.717, 1.165) is 23.3 Å². The van der Waals surface area contributed by atoms with Crippen LogP contribution >= 0.6 is 46.1 Å². The summed E-state index contributed by atoms with van der Waals surface area (Å²) in [4.78, 5) is 5.88. The van der Waals surface area contributed by atoms with Crippen LogP contribution in [0.1, 0.15) is 23.1 Å². The highest BCUT2D eigenvalue weighted by Gasteiger charge is 2.38. The van der Waals surface area contributed by atoms with Crippen molar-refractivity contribution in [1.82, 2.24) is 9.88 Å². The number of benzene rings is 2. The molecular weight excluding hydrogens is 490 g/mol. The van der Waals surface area contributed by atoms with Crippen molar-refractivity contribution in [3.63, 3.8) is 0 Å². The first-order valence-corrected chi connectivity index (χ1v) is 11.4. The fraction of sp³-hybridized carbons (Fsp3) is 0.286. The Balaban J connectivity index is 1.81. The van der Waals surface area contributed by atoms with E-state index in [9.17, 15) is 13.2 Å². The lowest BCUT2D eigenvalue weighted by Crippen LogP contribution is -2.26. The molecule has 0 spiro atoms. The van der Waals surface area contributed by atoms with Gasteiger partial charge >= 0.3 is 6.18 Å². The smallest absolute Gasteiger partial charge is 0.329 e. The summed E-state index contributed by atoms with van der Waals surface area (Å²) in [5, 5.41) is 3.60. The molecule has 0 unspecified atom stereocenters. The number of hydrogen-bond acceptors (Lipinski definition) is 4. The lowest BCUT2D eigenvalue weighted by molar-refractivity contribution is -0.141. The van der Waals surface area contributed by atoms with Crippen molar-refractivity contribution in [2.24, 2.45) is 0 Å². The Kier molecular flexibility index (Phi) is 8.10. The van der Waals surface area contributed by atoms with Gasteiger partial charge in [-0.25, -0.2) is 4.98 Å². The highest BCUT2D eigenvalue weighted by Crippen LogP contribution is 2.40. The second-order valence-corrected chi connectivity index (χ2v) is 9.10. The molecule has 166 valence electrons. The number of aromatic nitrogens is 1. The van der Waals surface area contributed by atoms with Crippen LogP contribution in [0.5, 0.6) is 0 Å². The number of nitrogens with one attached hydrogen (secondary N) is 1. The Morgan fingerprint density at radius 1 is 1.06 bits per heavy atom. The number of likely N-dealkylation sites (N-methyl/N-ethyl adjacent to an activating group) is 1. The van der Waals surface area contributed by atoms with Gasteiger partial charge in [-0.1, -0.05) is 83.4 Å². The molecule has 3 nitrogen and oxygen atoms in total. The fourth-order valence-corrected chi connectivity index (χ4v) is 4.93. The molecule has 1 N–H and O–H groups in total. The van der Waals surface area contributed by atoms with Crippen molar-refractivity contribution in [2.75, 3.05) is 18.4 Å². The van der Waals surface area contributed by atoms with E-state index in [1.807, 2.05) is 42.2 Å². The van der Waals surface area contributed by atoms with Crippen molar-refractivity contribution in [3.8, 4) is 0 Å². The van der Waals surface area contributed by atoms with Gasteiger partial charge in [-0.15, -0.1) is 0 Å². The molecule has 0 atom stereocenters. The van der Waals surface area contributed by atoms with Crippen LogP contribution in [0.15, 0.2) is 42.5 Å². The van der Waals surface area contributed by atoms with Crippen LogP contribution in [0.3, 0.4) is 0 Å². The Morgan fingerprint density at radius 3 is 2.29 bits per heavy atom. The third kappa shape index (κ3) is 6.49. The molecule has 3 rings (SSSR count). The van der Waals surface area contributed by atoms with Crippen molar-refractivity contribution in [2.45, 2.75) is 26.1 Å². The highest BCUT2D eigenvalue weighted by atomic mass is 35.5. The van der Waals surface area contributed by atoms with E-state index < -0.39 is 11.9 Å². The van der Waals surface area contributed by atoms with Gasteiger partial charge in [-0.05, 0) is 30.7 Å². The summed E-state index contributed by atoms with van der Waals surface area (Å²) in [5.74, 6) is 0. The molecule has 0 fully saturated rings. The Bertz CT molecular complexity index is 1000. The van der Waals surface area contributed by atoms with Gasteiger partial charge < -0.3 is 5.32 Å². The number of hydrogen-bond donors (Lipinski definition) is 1. The Labute approximate surface area is 197 Å². The molecule has 0 aliphatic carbocycles. The van der Waals surface area contributed by atoms with E-state index in [-0.39, 0.29) is 32.3 Å². The summed E-state index contributed by atoms with van der Waals surface area (Å²) >= 11 is 19.1. The minimum Gasteiger partial charge on any atom is -0.329 e. The molecule has 0 amide bonds. The van der Waals surface area contributed by atoms with Crippen LogP contribution in [0.4, 0.5) is 24.0 Å². The zero-order valence-corrected chi connectivity index (χ0v) is 19.5. The van der Waals surface area contributed by atoms with Crippen molar-refractivity contribution >= 4 is 57.0 Å². The van der Waals surface area contributed by atoms with Gasteiger partial charge in [0.05, 0.1) is 20.6 Å². The number of alkyl halides is 3. The average molecular weight is 509 g/mol. The minimum atomic E-state index is -4.57. The maximum atomic E-state index is 13.6. The zero-order chi connectivity index (χ0) is 22.6. The number of halogens is 6. The van der Waals surface area contributed by atoms with Crippen molar-refractivity contribution < 1.29 is 13.2 Å². The van der Waals surface area contributed by atoms with Crippen molar-refractivity contribution in [1.29, 1.82) is 0 Å². The molecule has 10 heteroatoms. The van der Waals surface area contributed by atoms with E-state index >= 15 is 0 Å². The molecule has 0 saturated heterocycles. The first-order valence-electron chi connectivity index (χ1n) is 9.42. The maximum Gasteiger partial charge on any atom is 0.434 e. The van der Waals surface area contributed by atoms with E-state index in [0.29, 0.717) is 18.1 Å². The summed E-state index contributed by atoms with van der Waals surface area (Å²) < 4.78 is 40.9. The van der Waals surface area contributed by atoms with Gasteiger partial charge in [0.1, 0.15) is 0 Å². The summed E-state index contributed by atoms with van der Waals surface area (Å²) in [6.45, 7) is 3.30. The second-order valence-electron chi connectivity index (χ2n) is 6.76. The molecule has 3 aromatic rings. The molecule has 0 saturated carbocycles. The molecule has 1 heterocycles. The first-order chi connectivity index (χ1) is 14.7. The lowest BCUT2D eigenvalue weighted by Gasteiger charge is -2.20. The molecule has 0 aliphatic rings.